The number of ether oxygens (including phenoxy) is 1. The van der Waals surface area contributed by atoms with Crippen LogP contribution in [0.2, 0.25) is 5.02 Å². The molecule has 0 aromatic heterocycles. The normalized spacial score (nSPS) is 9.77. The lowest BCUT2D eigenvalue weighted by Gasteiger charge is -2.05. The van der Waals surface area contributed by atoms with Gasteiger partial charge < -0.3 is 4.74 Å². The largest absolute Gasteiger partial charge is 0.425 e. The van der Waals surface area contributed by atoms with Crippen molar-refractivity contribution in [2.75, 3.05) is 5.88 Å². The smallest absolute Gasteiger partial charge is 0.326 e. The van der Waals surface area contributed by atoms with Crippen LogP contribution in [0.3, 0.4) is 0 Å². The Balaban J connectivity index is 2.83. The van der Waals surface area contributed by atoms with E-state index >= 15 is 0 Å². The fraction of sp³-hybridized carbons (Fsp3) is 0.222. The number of hydrogen-bond acceptors (Lipinski definition) is 2. The molecule has 13 heavy (non-hydrogen) atoms. The molecule has 0 N–H and O–H groups in total. The second-order valence-corrected chi connectivity index (χ2v) is 3.22. The van der Waals surface area contributed by atoms with Crippen molar-refractivity contribution in [2.24, 2.45) is 0 Å². The number of alkyl halides is 1. The molecule has 2 nitrogen and oxygen atoms in total. The summed E-state index contributed by atoms with van der Waals surface area (Å²) in [5.74, 6) is -0.121. The predicted molar refractivity (Wildman–Crippen MR) is 52.5 cm³/mol. The standard InChI is InChI=1S/C9H8Cl2O2/c1-6-4-7(11)2-3-8(6)13-9(12)5-10/h2-4H,5H2,1H3. The van der Waals surface area contributed by atoms with E-state index in [1.54, 1.807) is 18.2 Å². The van der Waals surface area contributed by atoms with Crippen molar-refractivity contribution < 1.29 is 9.53 Å². The van der Waals surface area contributed by atoms with Crippen LogP contribution in [0.5, 0.6) is 5.75 Å². The first-order valence-corrected chi connectivity index (χ1v) is 4.57. The molecular weight excluding hydrogens is 211 g/mol. The van der Waals surface area contributed by atoms with Crippen molar-refractivity contribution >= 4 is 29.2 Å². The molecule has 70 valence electrons. The van der Waals surface area contributed by atoms with E-state index in [-0.39, 0.29) is 5.88 Å². The summed E-state index contributed by atoms with van der Waals surface area (Å²) in [5.41, 5.74) is 0.811. The summed E-state index contributed by atoms with van der Waals surface area (Å²) >= 11 is 11.0. The molecular formula is C9H8Cl2O2. The first-order chi connectivity index (χ1) is 6.13. The molecule has 0 amide bonds. The van der Waals surface area contributed by atoms with Crippen molar-refractivity contribution in [3.8, 4) is 5.75 Å². The van der Waals surface area contributed by atoms with E-state index in [0.717, 1.165) is 5.56 Å². The molecule has 0 unspecified atom stereocenters. The third-order valence-electron chi connectivity index (χ3n) is 1.47. The van der Waals surface area contributed by atoms with Gasteiger partial charge in [-0.05, 0) is 30.7 Å². The average molecular weight is 219 g/mol. The lowest BCUT2D eigenvalue weighted by atomic mass is 10.2. The van der Waals surface area contributed by atoms with Gasteiger partial charge in [0.1, 0.15) is 11.6 Å². The molecule has 0 aliphatic carbocycles. The fourth-order valence-electron chi connectivity index (χ4n) is 0.877. The SMILES string of the molecule is Cc1cc(Cl)ccc1OC(=O)CCl. The highest BCUT2D eigenvalue weighted by atomic mass is 35.5. The second-order valence-electron chi connectivity index (χ2n) is 2.52. The molecule has 0 spiro atoms. The Morgan fingerprint density at radius 2 is 2.23 bits per heavy atom. The molecule has 0 radical (unpaired) electrons. The maximum Gasteiger partial charge on any atom is 0.326 e. The van der Waals surface area contributed by atoms with Crippen molar-refractivity contribution in [2.45, 2.75) is 6.92 Å². The molecule has 1 aromatic rings. The number of aryl methyl sites for hydroxylation is 1. The highest BCUT2D eigenvalue weighted by molar-refractivity contribution is 6.30. The first-order valence-electron chi connectivity index (χ1n) is 3.66. The molecule has 4 heteroatoms. The molecule has 1 rings (SSSR count). The maximum atomic E-state index is 10.8. The Kier molecular flexibility index (Phi) is 3.58. The number of rotatable bonds is 2. The number of esters is 1. The number of hydrogen-bond donors (Lipinski definition) is 0. The first kappa shape index (κ1) is 10.4. The lowest BCUT2D eigenvalue weighted by molar-refractivity contribution is -0.131. The molecule has 0 fully saturated rings. The average Bonchev–Trinajstić information content (AvgIpc) is 2.09. The Bertz CT molecular complexity index is 323. The van der Waals surface area contributed by atoms with Gasteiger partial charge in [-0.25, -0.2) is 0 Å². The van der Waals surface area contributed by atoms with Crippen LogP contribution in [0.25, 0.3) is 0 Å². The molecule has 0 aliphatic heterocycles. The Hall–Kier alpha value is -0.730. The van der Waals surface area contributed by atoms with E-state index in [4.69, 9.17) is 27.9 Å². The highest BCUT2D eigenvalue weighted by Crippen LogP contribution is 2.21. The molecule has 1 aromatic carbocycles. The van der Waals surface area contributed by atoms with Crippen molar-refractivity contribution in [3.05, 3.63) is 28.8 Å². The molecule has 0 saturated heterocycles. The third-order valence-corrected chi connectivity index (χ3v) is 1.92. The van der Waals surface area contributed by atoms with Crippen LogP contribution in [0.4, 0.5) is 0 Å². The van der Waals surface area contributed by atoms with Gasteiger partial charge in [-0.3, -0.25) is 4.79 Å². The van der Waals surface area contributed by atoms with Crippen LogP contribution in [-0.4, -0.2) is 11.8 Å². The van der Waals surface area contributed by atoms with Gasteiger partial charge >= 0.3 is 5.97 Å². The van der Waals surface area contributed by atoms with E-state index in [0.29, 0.717) is 10.8 Å². The van der Waals surface area contributed by atoms with Crippen molar-refractivity contribution in [3.63, 3.8) is 0 Å². The quantitative estimate of drug-likeness (QED) is 0.434. The van der Waals surface area contributed by atoms with E-state index in [1.165, 1.54) is 0 Å². The molecule has 0 bridgehead atoms. The topological polar surface area (TPSA) is 26.3 Å². The van der Waals surface area contributed by atoms with Crippen molar-refractivity contribution in [1.29, 1.82) is 0 Å². The van der Waals surface area contributed by atoms with E-state index in [2.05, 4.69) is 0 Å². The van der Waals surface area contributed by atoms with Crippen LogP contribution in [-0.2, 0) is 4.79 Å². The number of carbonyl (C=O) groups excluding carboxylic acids is 1. The van der Waals surface area contributed by atoms with Gasteiger partial charge in [-0.2, -0.15) is 0 Å². The van der Waals surface area contributed by atoms with E-state index in [1.807, 2.05) is 6.92 Å². The van der Waals surface area contributed by atoms with Crippen LogP contribution in [0, 0.1) is 6.92 Å². The lowest BCUT2D eigenvalue weighted by Crippen LogP contribution is -2.09. The second kappa shape index (κ2) is 4.49. The number of halogens is 2. The van der Waals surface area contributed by atoms with Gasteiger partial charge in [0.05, 0.1) is 0 Å². The summed E-state index contributed by atoms with van der Waals surface area (Å²) in [5, 5.41) is 0.614. The van der Waals surface area contributed by atoms with E-state index < -0.39 is 5.97 Å². The van der Waals surface area contributed by atoms with E-state index in [9.17, 15) is 4.79 Å². The monoisotopic (exact) mass is 218 g/mol. The van der Waals surface area contributed by atoms with Gasteiger partial charge in [-0.15, -0.1) is 11.6 Å². The van der Waals surface area contributed by atoms with Gasteiger partial charge in [0.25, 0.3) is 0 Å². The van der Waals surface area contributed by atoms with Crippen molar-refractivity contribution in [1.82, 2.24) is 0 Å². The summed E-state index contributed by atoms with van der Waals surface area (Å²) in [6, 6.07) is 5.02. The van der Waals surface area contributed by atoms with Crippen LogP contribution in [0.15, 0.2) is 18.2 Å². The maximum absolute atomic E-state index is 10.8. The zero-order valence-corrected chi connectivity index (χ0v) is 8.52. The van der Waals surface area contributed by atoms with Crippen LogP contribution >= 0.6 is 23.2 Å². The van der Waals surface area contributed by atoms with Gasteiger partial charge in [0.15, 0.2) is 0 Å². The van der Waals surface area contributed by atoms with Gasteiger partial charge in [0.2, 0.25) is 0 Å². The Morgan fingerprint density at radius 3 is 2.77 bits per heavy atom. The Morgan fingerprint density at radius 1 is 1.54 bits per heavy atom. The van der Waals surface area contributed by atoms with Gasteiger partial charge in [0, 0.05) is 5.02 Å². The minimum absolute atomic E-state index is 0.151. The fourth-order valence-corrected chi connectivity index (χ4v) is 1.16. The highest BCUT2D eigenvalue weighted by Gasteiger charge is 2.05. The predicted octanol–water partition coefficient (Wildman–Crippen LogP) is 2.79. The number of carbonyl (C=O) groups is 1. The Labute approximate surface area is 86.4 Å². The van der Waals surface area contributed by atoms with Crippen LogP contribution in [0.1, 0.15) is 5.56 Å². The minimum atomic E-state index is -0.466. The molecule has 0 saturated carbocycles. The van der Waals surface area contributed by atoms with Gasteiger partial charge in [-0.1, -0.05) is 11.6 Å². The minimum Gasteiger partial charge on any atom is -0.425 e. The third kappa shape index (κ3) is 2.90. The summed E-state index contributed by atoms with van der Waals surface area (Å²) < 4.78 is 4.92. The summed E-state index contributed by atoms with van der Waals surface area (Å²) in [6.45, 7) is 1.81. The zero-order chi connectivity index (χ0) is 9.84. The summed E-state index contributed by atoms with van der Waals surface area (Å²) in [4.78, 5) is 10.8. The molecule has 0 aliphatic rings. The zero-order valence-electron chi connectivity index (χ0n) is 7.01. The molecule has 0 atom stereocenters. The summed E-state index contributed by atoms with van der Waals surface area (Å²) in [7, 11) is 0. The number of benzene rings is 1. The molecule has 0 heterocycles. The summed E-state index contributed by atoms with van der Waals surface area (Å²) in [6.07, 6.45) is 0. The van der Waals surface area contributed by atoms with Crippen LogP contribution < -0.4 is 4.74 Å².